The van der Waals surface area contributed by atoms with Crippen molar-refractivity contribution in [3.05, 3.63) is 41.4 Å². The molecule has 1 unspecified atom stereocenters. The fraction of sp³-hybridized carbons (Fsp3) is 0.438. The average molecular weight is 351 g/mol. The third-order valence-electron chi connectivity index (χ3n) is 3.22. The van der Waals surface area contributed by atoms with E-state index in [0.29, 0.717) is 24.1 Å². The number of nitrogens with one attached hydrogen (secondary N) is 2. The zero-order chi connectivity index (χ0) is 17.4. The van der Waals surface area contributed by atoms with Gasteiger partial charge in [0, 0.05) is 18.6 Å². The van der Waals surface area contributed by atoms with Gasteiger partial charge in [-0.05, 0) is 32.0 Å². The first-order valence-corrected chi connectivity index (χ1v) is 8.23. The average Bonchev–Trinajstić information content (AvgIpc) is 2.95. The second kappa shape index (κ2) is 9.12. The first-order valence-electron chi connectivity index (χ1n) is 7.85. The summed E-state index contributed by atoms with van der Waals surface area (Å²) in [5.74, 6) is 2.26. The molecule has 2 rings (SSSR count). The van der Waals surface area contributed by atoms with Crippen LogP contribution in [0.25, 0.3) is 0 Å². The summed E-state index contributed by atoms with van der Waals surface area (Å²) in [7, 11) is 1.85. The molecule has 0 bridgehead atoms. The van der Waals surface area contributed by atoms with E-state index < -0.39 is 0 Å². The first-order chi connectivity index (χ1) is 11.6. The minimum Gasteiger partial charge on any atom is -0.489 e. The van der Waals surface area contributed by atoms with Crippen LogP contribution >= 0.6 is 11.6 Å². The maximum atomic E-state index is 5.96. The van der Waals surface area contributed by atoms with Crippen LogP contribution in [0.15, 0.2) is 35.6 Å². The maximum Gasteiger partial charge on any atom is 0.191 e. The SMILES string of the molecule is CCNC(=NCc1ncnn1C)NCC(C)Oc1cccc(Cl)c1. The quantitative estimate of drug-likeness (QED) is 0.590. The highest BCUT2D eigenvalue weighted by Crippen LogP contribution is 2.18. The number of guanidine groups is 1. The largest absolute Gasteiger partial charge is 0.489 e. The minimum absolute atomic E-state index is 0.0397. The van der Waals surface area contributed by atoms with Crippen LogP contribution in [0.2, 0.25) is 5.02 Å². The second-order valence-corrected chi connectivity index (χ2v) is 5.70. The van der Waals surface area contributed by atoms with Gasteiger partial charge in [0.1, 0.15) is 30.5 Å². The molecule has 0 aliphatic rings. The summed E-state index contributed by atoms with van der Waals surface area (Å²) < 4.78 is 7.54. The molecule has 1 heterocycles. The van der Waals surface area contributed by atoms with Gasteiger partial charge in [-0.1, -0.05) is 17.7 Å². The Labute approximate surface area is 147 Å². The number of benzene rings is 1. The molecule has 0 radical (unpaired) electrons. The van der Waals surface area contributed by atoms with Crippen molar-refractivity contribution in [1.29, 1.82) is 0 Å². The molecule has 0 aliphatic heterocycles. The molecule has 0 saturated carbocycles. The molecule has 1 aromatic heterocycles. The van der Waals surface area contributed by atoms with Crippen LogP contribution in [0.5, 0.6) is 5.75 Å². The summed E-state index contributed by atoms with van der Waals surface area (Å²) in [6, 6.07) is 7.37. The van der Waals surface area contributed by atoms with E-state index in [1.54, 1.807) is 10.7 Å². The van der Waals surface area contributed by atoms with Crippen molar-refractivity contribution in [2.75, 3.05) is 13.1 Å². The third-order valence-corrected chi connectivity index (χ3v) is 3.45. The Hall–Kier alpha value is -2.28. The fourth-order valence-electron chi connectivity index (χ4n) is 2.01. The molecule has 2 aromatic rings. The smallest absolute Gasteiger partial charge is 0.191 e. The van der Waals surface area contributed by atoms with Crippen molar-refractivity contribution >= 4 is 17.6 Å². The van der Waals surface area contributed by atoms with E-state index in [0.717, 1.165) is 18.1 Å². The van der Waals surface area contributed by atoms with Gasteiger partial charge in [0.2, 0.25) is 0 Å². The van der Waals surface area contributed by atoms with Gasteiger partial charge < -0.3 is 15.4 Å². The van der Waals surface area contributed by atoms with Crippen LogP contribution in [0.1, 0.15) is 19.7 Å². The normalized spacial score (nSPS) is 12.8. The highest BCUT2D eigenvalue weighted by Gasteiger charge is 2.07. The molecule has 24 heavy (non-hydrogen) atoms. The van der Waals surface area contributed by atoms with Crippen molar-refractivity contribution in [3.63, 3.8) is 0 Å². The van der Waals surface area contributed by atoms with Crippen LogP contribution in [0.4, 0.5) is 0 Å². The minimum atomic E-state index is -0.0397. The Bertz CT molecular complexity index is 672. The summed E-state index contributed by atoms with van der Waals surface area (Å²) in [6.45, 7) is 5.84. The van der Waals surface area contributed by atoms with Crippen molar-refractivity contribution in [2.24, 2.45) is 12.0 Å². The third kappa shape index (κ3) is 5.73. The van der Waals surface area contributed by atoms with Crippen LogP contribution < -0.4 is 15.4 Å². The van der Waals surface area contributed by atoms with Gasteiger partial charge in [-0.25, -0.2) is 9.98 Å². The molecule has 7 nitrogen and oxygen atoms in total. The second-order valence-electron chi connectivity index (χ2n) is 5.26. The van der Waals surface area contributed by atoms with Crippen molar-refractivity contribution < 1.29 is 4.74 Å². The molecule has 130 valence electrons. The lowest BCUT2D eigenvalue weighted by Gasteiger charge is -2.17. The van der Waals surface area contributed by atoms with Gasteiger partial charge in [-0.15, -0.1) is 0 Å². The van der Waals surface area contributed by atoms with E-state index >= 15 is 0 Å². The van der Waals surface area contributed by atoms with Gasteiger partial charge in [0.15, 0.2) is 5.96 Å². The van der Waals surface area contributed by atoms with Gasteiger partial charge in [0.05, 0.1) is 6.54 Å². The number of aromatic nitrogens is 3. The van der Waals surface area contributed by atoms with Crippen LogP contribution in [0.3, 0.4) is 0 Å². The topological polar surface area (TPSA) is 76.4 Å². The monoisotopic (exact) mass is 350 g/mol. The first kappa shape index (κ1) is 18.1. The predicted molar refractivity (Wildman–Crippen MR) is 95.4 cm³/mol. The van der Waals surface area contributed by atoms with E-state index in [9.17, 15) is 0 Å². The molecular weight excluding hydrogens is 328 g/mol. The van der Waals surface area contributed by atoms with Gasteiger partial charge in [-0.3, -0.25) is 4.68 Å². The molecule has 0 saturated heterocycles. The standard InChI is InChI=1S/C16H23ClN6O/c1-4-18-16(20-10-15-21-11-22-23(15)3)19-9-12(2)24-14-7-5-6-13(17)8-14/h5-8,11-12H,4,9-10H2,1-3H3,(H2,18,19,20). The Morgan fingerprint density at radius 1 is 1.42 bits per heavy atom. The van der Waals surface area contributed by atoms with Gasteiger partial charge in [-0.2, -0.15) is 5.10 Å². The number of hydrogen-bond acceptors (Lipinski definition) is 4. The van der Waals surface area contributed by atoms with Crippen LogP contribution in [-0.2, 0) is 13.6 Å². The Balaban J connectivity index is 1.87. The number of hydrogen-bond donors (Lipinski definition) is 2. The number of halogens is 1. The number of rotatable bonds is 7. The zero-order valence-electron chi connectivity index (χ0n) is 14.2. The Morgan fingerprint density at radius 2 is 2.25 bits per heavy atom. The number of nitrogens with zero attached hydrogens (tertiary/aromatic N) is 4. The summed E-state index contributed by atoms with van der Waals surface area (Å²) in [6.07, 6.45) is 1.48. The lowest BCUT2D eigenvalue weighted by atomic mass is 10.3. The lowest BCUT2D eigenvalue weighted by molar-refractivity contribution is 0.224. The molecule has 2 N–H and O–H groups in total. The lowest BCUT2D eigenvalue weighted by Crippen LogP contribution is -2.41. The summed E-state index contributed by atoms with van der Waals surface area (Å²) in [5.41, 5.74) is 0. The highest BCUT2D eigenvalue weighted by atomic mass is 35.5. The molecule has 0 spiro atoms. The van der Waals surface area contributed by atoms with Crippen LogP contribution in [-0.4, -0.2) is 39.9 Å². The van der Waals surface area contributed by atoms with Crippen LogP contribution in [0, 0.1) is 0 Å². The molecule has 1 aromatic carbocycles. The van der Waals surface area contributed by atoms with E-state index in [1.165, 1.54) is 6.33 Å². The van der Waals surface area contributed by atoms with Crippen molar-refractivity contribution in [1.82, 2.24) is 25.4 Å². The molecule has 0 amide bonds. The summed E-state index contributed by atoms with van der Waals surface area (Å²) in [4.78, 5) is 8.66. The predicted octanol–water partition coefficient (Wildman–Crippen LogP) is 1.99. The number of aliphatic imine (C=N–C) groups is 1. The van der Waals surface area contributed by atoms with E-state index in [4.69, 9.17) is 16.3 Å². The Kier molecular flexibility index (Phi) is 6.87. The van der Waals surface area contributed by atoms with E-state index in [2.05, 4.69) is 25.7 Å². The Morgan fingerprint density at radius 3 is 2.92 bits per heavy atom. The fourth-order valence-corrected chi connectivity index (χ4v) is 2.19. The van der Waals surface area contributed by atoms with Gasteiger partial charge >= 0.3 is 0 Å². The van der Waals surface area contributed by atoms with Gasteiger partial charge in [0.25, 0.3) is 0 Å². The maximum absolute atomic E-state index is 5.96. The van der Waals surface area contributed by atoms with E-state index in [-0.39, 0.29) is 6.10 Å². The van der Waals surface area contributed by atoms with Crippen molar-refractivity contribution in [2.45, 2.75) is 26.5 Å². The zero-order valence-corrected chi connectivity index (χ0v) is 14.9. The number of aryl methyl sites for hydroxylation is 1. The molecule has 1 atom stereocenters. The highest BCUT2D eigenvalue weighted by molar-refractivity contribution is 6.30. The van der Waals surface area contributed by atoms with Crippen molar-refractivity contribution in [3.8, 4) is 5.75 Å². The molecule has 0 fully saturated rings. The number of ether oxygens (including phenoxy) is 1. The van der Waals surface area contributed by atoms with E-state index in [1.807, 2.05) is 39.1 Å². The summed E-state index contributed by atoms with van der Waals surface area (Å²) >= 11 is 5.96. The molecule has 0 aliphatic carbocycles. The molecular formula is C16H23ClN6O. The molecule has 8 heteroatoms. The summed E-state index contributed by atoms with van der Waals surface area (Å²) in [5, 5.41) is 11.2.